The highest BCUT2D eigenvalue weighted by Gasteiger charge is 2.26. The minimum atomic E-state index is -0.701. The summed E-state index contributed by atoms with van der Waals surface area (Å²) < 4.78 is 3.14. The molecular weight excluding hydrogens is 258 g/mol. The number of nitrogens with zero attached hydrogens (tertiary/aromatic N) is 1. The average Bonchev–Trinajstić information content (AvgIpc) is 2.45. The van der Waals surface area contributed by atoms with Crippen LogP contribution in [0, 0.1) is 0 Å². The fourth-order valence-corrected chi connectivity index (χ4v) is 2.91. The second-order valence-corrected chi connectivity index (χ2v) is 4.90. The third-order valence-corrected chi connectivity index (χ3v) is 4.12. The molecule has 1 aliphatic rings. The van der Waals surface area contributed by atoms with Crippen molar-refractivity contribution < 1.29 is 9.90 Å². The van der Waals surface area contributed by atoms with Crippen LogP contribution in [-0.4, -0.2) is 15.6 Å². The molecule has 1 atom stereocenters. The number of carbonyl (C=O) groups is 1. The van der Waals surface area contributed by atoms with Crippen molar-refractivity contribution in [1.29, 1.82) is 0 Å². The van der Waals surface area contributed by atoms with Gasteiger partial charge in [-0.05, 0) is 52.2 Å². The van der Waals surface area contributed by atoms with Crippen LogP contribution in [0.1, 0.15) is 36.3 Å². The Labute approximate surface area is 97.2 Å². The van der Waals surface area contributed by atoms with E-state index in [0.29, 0.717) is 0 Å². The number of aliphatic carboxylic acids is 1. The minimum absolute atomic E-state index is 0.198. The van der Waals surface area contributed by atoms with E-state index in [1.807, 2.05) is 11.6 Å². The maximum atomic E-state index is 10.8. The van der Waals surface area contributed by atoms with Gasteiger partial charge in [0.15, 0.2) is 0 Å². The lowest BCUT2D eigenvalue weighted by Crippen LogP contribution is -2.12. The molecule has 0 amide bonds. The molecule has 1 aromatic heterocycles. The van der Waals surface area contributed by atoms with Gasteiger partial charge in [-0.1, -0.05) is 0 Å². The van der Waals surface area contributed by atoms with E-state index in [4.69, 9.17) is 5.11 Å². The van der Waals surface area contributed by atoms with Crippen molar-refractivity contribution in [2.24, 2.45) is 7.05 Å². The zero-order valence-electron chi connectivity index (χ0n) is 8.66. The number of fused-ring (bicyclic) bond motifs is 1. The van der Waals surface area contributed by atoms with E-state index in [-0.39, 0.29) is 12.3 Å². The van der Waals surface area contributed by atoms with Gasteiger partial charge in [0.25, 0.3) is 0 Å². The largest absolute Gasteiger partial charge is 0.481 e. The van der Waals surface area contributed by atoms with Crippen LogP contribution in [0.5, 0.6) is 0 Å². The molecule has 2 rings (SSSR count). The van der Waals surface area contributed by atoms with Crippen LogP contribution in [0.3, 0.4) is 0 Å². The molecule has 0 saturated carbocycles. The molecule has 1 aromatic rings. The third kappa shape index (κ3) is 1.95. The molecule has 0 saturated heterocycles. The predicted octanol–water partition coefficient (Wildman–Crippen LogP) is 2.68. The standard InChI is InChI=1S/C11H14BrNO2/c1-13-6-9-7(5-10(14)15)3-2-4-8(9)11(13)12/h6-7H,2-5H2,1H3,(H,14,15). The summed E-state index contributed by atoms with van der Waals surface area (Å²) in [5.41, 5.74) is 2.52. The van der Waals surface area contributed by atoms with E-state index in [1.54, 1.807) is 0 Å². The molecule has 0 bridgehead atoms. The fraction of sp³-hybridized carbons (Fsp3) is 0.545. The van der Waals surface area contributed by atoms with E-state index >= 15 is 0 Å². The highest BCUT2D eigenvalue weighted by Crippen LogP contribution is 2.38. The highest BCUT2D eigenvalue weighted by molar-refractivity contribution is 9.10. The maximum Gasteiger partial charge on any atom is 0.303 e. The van der Waals surface area contributed by atoms with Crippen molar-refractivity contribution >= 4 is 21.9 Å². The van der Waals surface area contributed by atoms with E-state index < -0.39 is 5.97 Å². The zero-order chi connectivity index (χ0) is 11.0. The molecule has 1 heterocycles. The molecule has 15 heavy (non-hydrogen) atoms. The number of halogens is 1. The normalized spacial score (nSPS) is 20.0. The molecule has 0 spiro atoms. The van der Waals surface area contributed by atoms with Crippen LogP contribution in [0.2, 0.25) is 0 Å². The lowest BCUT2D eigenvalue weighted by molar-refractivity contribution is -0.137. The first-order valence-corrected chi connectivity index (χ1v) is 5.94. The number of hydrogen-bond donors (Lipinski definition) is 1. The fourth-order valence-electron chi connectivity index (χ4n) is 2.38. The highest BCUT2D eigenvalue weighted by atomic mass is 79.9. The lowest BCUT2D eigenvalue weighted by Gasteiger charge is -2.20. The number of hydrogen-bond acceptors (Lipinski definition) is 1. The van der Waals surface area contributed by atoms with Crippen LogP contribution in [-0.2, 0) is 18.3 Å². The quantitative estimate of drug-likeness (QED) is 0.899. The van der Waals surface area contributed by atoms with Crippen LogP contribution >= 0.6 is 15.9 Å². The lowest BCUT2D eigenvalue weighted by atomic mass is 9.84. The number of rotatable bonds is 2. The maximum absolute atomic E-state index is 10.8. The van der Waals surface area contributed by atoms with Crippen molar-refractivity contribution in [1.82, 2.24) is 4.57 Å². The third-order valence-electron chi connectivity index (χ3n) is 3.08. The van der Waals surface area contributed by atoms with Gasteiger partial charge < -0.3 is 9.67 Å². The average molecular weight is 272 g/mol. The molecule has 0 aliphatic heterocycles. The summed E-state index contributed by atoms with van der Waals surface area (Å²) in [4.78, 5) is 10.8. The first kappa shape index (κ1) is 10.7. The van der Waals surface area contributed by atoms with Gasteiger partial charge in [0.05, 0.1) is 11.0 Å². The number of aromatic nitrogens is 1. The van der Waals surface area contributed by atoms with Gasteiger partial charge in [0.2, 0.25) is 0 Å². The second-order valence-electron chi connectivity index (χ2n) is 4.15. The van der Waals surface area contributed by atoms with Gasteiger partial charge in [-0.25, -0.2) is 0 Å². The van der Waals surface area contributed by atoms with E-state index in [2.05, 4.69) is 22.1 Å². The molecule has 1 aliphatic carbocycles. The van der Waals surface area contributed by atoms with Crippen LogP contribution in [0.4, 0.5) is 0 Å². The molecule has 82 valence electrons. The van der Waals surface area contributed by atoms with Crippen molar-refractivity contribution in [2.45, 2.75) is 31.6 Å². The van der Waals surface area contributed by atoms with Crippen LogP contribution in [0.15, 0.2) is 10.8 Å². The van der Waals surface area contributed by atoms with Crippen molar-refractivity contribution in [2.75, 3.05) is 0 Å². The summed E-state index contributed by atoms with van der Waals surface area (Å²) in [6, 6.07) is 0. The summed E-state index contributed by atoms with van der Waals surface area (Å²) >= 11 is 3.55. The van der Waals surface area contributed by atoms with Gasteiger partial charge in [-0.2, -0.15) is 0 Å². The van der Waals surface area contributed by atoms with Crippen molar-refractivity contribution in [3.05, 3.63) is 21.9 Å². The van der Waals surface area contributed by atoms with Crippen LogP contribution in [0.25, 0.3) is 0 Å². The zero-order valence-corrected chi connectivity index (χ0v) is 10.2. The Kier molecular flexibility index (Phi) is 2.87. The van der Waals surface area contributed by atoms with Gasteiger partial charge in [0, 0.05) is 13.2 Å². The molecule has 0 fully saturated rings. The summed E-state index contributed by atoms with van der Waals surface area (Å²) in [6.45, 7) is 0. The molecule has 0 aromatic carbocycles. The van der Waals surface area contributed by atoms with Gasteiger partial charge in [0.1, 0.15) is 0 Å². The Morgan fingerprint density at radius 3 is 3.13 bits per heavy atom. The minimum Gasteiger partial charge on any atom is -0.481 e. The summed E-state index contributed by atoms with van der Waals surface area (Å²) in [5.74, 6) is -0.503. The Morgan fingerprint density at radius 2 is 2.47 bits per heavy atom. The topological polar surface area (TPSA) is 42.2 Å². The molecule has 1 unspecified atom stereocenters. The van der Waals surface area contributed by atoms with Gasteiger partial charge >= 0.3 is 5.97 Å². The van der Waals surface area contributed by atoms with Crippen LogP contribution < -0.4 is 0 Å². The Morgan fingerprint density at radius 1 is 1.73 bits per heavy atom. The van der Waals surface area contributed by atoms with Crippen molar-refractivity contribution in [3.63, 3.8) is 0 Å². The van der Waals surface area contributed by atoms with Crippen molar-refractivity contribution in [3.8, 4) is 0 Å². The Hall–Kier alpha value is -0.770. The van der Waals surface area contributed by atoms with Gasteiger partial charge in [-0.15, -0.1) is 0 Å². The molecule has 3 nitrogen and oxygen atoms in total. The predicted molar refractivity (Wildman–Crippen MR) is 61.0 cm³/mol. The summed E-state index contributed by atoms with van der Waals surface area (Å²) in [7, 11) is 1.99. The SMILES string of the molecule is Cn1cc2c(c1Br)CCCC2CC(=O)O. The Bertz CT molecular complexity index is 398. The molecule has 1 N–H and O–H groups in total. The molecule has 4 heteroatoms. The monoisotopic (exact) mass is 271 g/mol. The number of aryl methyl sites for hydroxylation is 1. The number of carboxylic acids is 1. The molecular formula is C11H14BrNO2. The first-order valence-electron chi connectivity index (χ1n) is 5.15. The van der Waals surface area contributed by atoms with Gasteiger partial charge in [-0.3, -0.25) is 4.79 Å². The van der Waals surface area contributed by atoms with E-state index in [0.717, 1.165) is 23.9 Å². The number of carboxylic acid groups (broad SMARTS) is 1. The summed E-state index contributed by atoms with van der Waals surface area (Å²) in [6.07, 6.45) is 5.46. The molecule has 0 radical (unpaired) electrons. The second kappa shape index (κ2) is 4.00. The smallest absolute Gasteiger partial charge is 0.303 e. The summed E-state index contributed by atoms with van der Waals surface area (Å²) in [5, 5.41) is 8.85. The van der Waals surface area contributed by atoms with E-state index in [1.165, 1.54) is 11.1 Å². The first-order chi connectivity index (χ1) is 7.09. The van der Waals surface area contributed by atoms with E-state index in [9.17, 15) is 4.79 Å². The Balaban J connectivity index is 2.34.